The Balaban J connectivity index is 1.49. The lowest BCUT2D eigenvalue weighted by atomic mass is 10.2. The first-order valence-electron chi connectivity index (χ1n) is 8.68. The second-order valence-corrected chi connectivity index (χ2v) is 6.01. The lowest BCUT2D eigenvalue weighted by Crippen LogP contribution is -2.14. The molecule has 2 aromatic carbocycles. The van der Waals surface area contributed by atoms with Crippen LogP contribution in [0.5, 0.6) is 23.0 Å². The number of amides is 1. The van der Waals surface area contributed by atoms with E-state index in [2.05, 4.69) is 20.6 Å². The molecule has 0 radical (unpaired) electrons. The zero-order valence-corrected chi connectivity index (χ0v) is 15.8. The van der Waals surface area contributed by atoms with Gasteiger partial charge in [-0.2, -0.15) is 0 Å². The maximum atomic E-state index is 12.6. The summed E-state index contributed by atoms with van der Waals surface area (Å²) in [5.41, 5.74) is 1.51. The monoisotopic (exact) mass is 394 g/mol. The molecule has 3 aromatic rings. The predicted molar refractivity (Wildman–Crippen MR) is 105 cm³/mol. The Morgan fingerprint density at radius 2 is 1.72 bits per heavy atom. The van der Waals surface area contributed by atoms with Gasteiger partial charge in [-0.1, -0.05) is 0 Å². The van der Waals surface area contributed by atoms with Gasteiger partial charge in [-0.3, -0.25) is 4.79 Å². The number of nitrogens with zero attached hydrogens (tertiary/aromatic N) is 2. The minimum atomic E-state index is -0.373. The van der Waals surface area contributed by atoms with Gasteiger partial charge in [-0.15, -0.1) is 0 Å². The van der Waals surface area contributed by atoms with Crippen molar-refractivity contribution in [1.82, 2.24) is 9.97 Å². The lowest BCUT2D eigenvalue weighted by Gasteiger charge is -2.11. The van der Waals surface area contributed by atoms with Gasteiger partial charge >= 0.3 is 0 Å². The Labute approximate surface area is 166 Å². The Kier molecular flexibility index (Phi) is 5.02. The summed E-state index contributed by atoms with van der Waals surface area (Å²) in [6.07, 6.45) is 1.32. The highest BCUT2D eigenvalue weighted by molar-refractivity contribution is 6.03. The van der Waals surface area contributed by atoms with Crippen LogP contribution in [0, 0.1) is 0 Å². The number of ether oxygens (including phenoxy) is 4. The SMILES string of the molecule is COc1ccc(Nc2cc(C(=O)Nc3ccc4c(c3)OCO4)ncn2)cc1OC. The molecule has 2 N–H and O–H groups in total. The third-order valence-corrected chi connectivity index (χ3v) is 4.19. The minimum Gasteiger partial charge on any atom is -0.493 e. The molecule has 1 aliphatic rings. The quantitative estimate of drug-likeness (QED) is 0.657. The number of carbonyl (C=O) groups excluding carboxylic acids is 1. The summed E-state index contributed by atoms with van der Waals surface area (Å²) < 4.78 is 21.1. The average Bonchev–Trinajstić information content (AvgIpc) is 3.21. The lowest BCUT2D eigenvalue weighted by molar-refractivity contribution is 0.102. The van der Waals surface area contributed by atoms with E-state index in [9.17, 15) is 4.79 Å². The number of hydrogen-bond acceptors (Lipinski definition) is 8. The number of anilines is 3. The molecule has 0 bridgehead atoms. The van der Waals surface area contributed by atoms with E-state index in [1.54, 1.807) is 50.6 Å². The van der Waals surface area contributed by atoms with Gasteiger partial charge in [0.25, 0.3) is 5.91 Å². The summed E-state index contributed by atoms with van der Waals surface area (Å²) in [7, 11) is 3.13. The molecule has 1 aromatic heterocycles. The number of fused-ring (bicyclic) bond motifs is 1. The fraction of sp³-hybridized carbons (Fsp3) is 0.150. The van der Waals surface area contributed by atoms with Gasteiger partial charge in [0.2, 0.25) is 6.79 Å². The van der Waals surface area contributed by atoms with Gasteiger partial charge < -0.3 is 29.6 Å². The molecular weight excluding hydrogens is 376 g/mol. The van der Waals surface area contributed by atoms with E-state index in [0.29, 0.717) is 34.5 Å². The Hall–Kier alpha value is -4.01. The molecule has 0 spiro atoms. The Morgan fingerprint density at radius 1 is 0.931 bits per heavy atom. The minimum absolute atomic E-state index is 0.170. The highest BCUT2D eigenvalue weighted by Gasteiger charge is 2.15. The van der Waals surface area contributed by atoms with E-state index < -0.39 is 0 Å². The fourth-order valence-electron chi connectivity index (χ4n) is 2.78. The molecule has 0 saturated heterocycles. The molecule has 1 aliphatic heterocycles. The number of aromatic nitrogens is 2. The van der Waals surface area contributed by atoms with E-state index in [0.717, 1.165) is 5.69 Å². The maximum Gasteiger partial charge on any atom is 0.274 e. The van der Waals surface area contributed by atoms with Crippen LogP contribution < -0.4 is 29.6 Å². The maximum absolute atomic E-state index is 12.6. The van der Waals surface area contributed by atoms with E-state index in [1.807, 2.05) is 6.07 Å². The molecule has 148 valence electrons. The van der Waals surface area contributed by atoms with Crippen LogP contribution in [0.1, 0.15) is 10.5 Å². The number of hydrogen-bond donors (Lipinski definition) is 2. The van der Waals surface area contributed by atoms with Crippen LogP contribution in [0.25, 0.3) is 0 Å². The van der Waals surface area contributed by atoms with Gasteiger partial charge in [0.05, 0.1) is 14.2 Å². The molecule has 0 aliphatic carbocycles. The van der Waals surface area contributed by atoms with Crippen molar-refractivity contribution in [3.05, 3.63) is 54.5 Å². The average molecular weight is 394 g/mol. The number of carbonyl (C=O) groups is 1. The van der Waals surface area contributed by atoms with Crippen LogP contribution in [0.4, 0.5) is 17.2 Å². The van der Waals surface area contributed by atoms with Crippen molar-refractivity contribution in [1.29, 1.82) is 0 Å². The zero-order valence-electron chi connectivity index (χ0n) is 15.8. The number of rotatable bonds is 6. The smallest absolute Gasteiger partial charge is 0.274 e. The van der Waals surface area contributed by atoms with Gasteiger partial charge in [-0.05, 0) is 24.3 Å². The van der Waals surface area contributed by atoms with Crippen molar-refractivity contribution >= 4 is 23.1 Å². The molecule has 1 amide bonds. The van der Waals surface area contributed by atoms with Gasteiger partial charge in [-0.25, -0.2) is 9.97 Å². The second-order valence-electron chi connectivity index (χ2n) is 6.01. The normalized spacial score (nSPS) is 11.7. The highest BCUT2D eigenvalue weighted by atomic mass is 16.7. The van der Waals surface area contributed by atoms with Crippen molar-refractivity contribution in [2.45, 2.75) is 0 Å². The summed E-state index contributed by atoms with van der Waals surface area (Å²) in [5.74, 6) is 2.51. The van der Waals surface area contributed by atoms with Crippen molar-refractivity contribution < 1.29 is 23.7 Å². The first-order valence-corrected chi connectivity index (χ1v) is 8.68. The summed E-state index contributed by atoms with van der Waals surface area (Å²) in [5, 5.41) is 5.90. The van der Waals surface area contributed by atoms with Crippen molar-refractivity contribution in [2.24, 2.45) is 0 Å². The largest absolute Gasteiger partial charge is 0.493 e. The molecule has 9 nitrogen and oxygen atoms in total. The molecule has 0 unspecified atom stereocenters. The molecule has 29 heavy (non-hydrogen) atoms. The van der Waals surface area contributed by atoms with Crippen LogP contribution in [0.15, 0.2) is 48.8 Å². The van der Waals surface area contributed by atoms with Gasteiger partial charge in [0.1, 0.15) is 17.8 Å². The predicted octanol–water partition coefficient (Wildman–Crippen LogP) is 3.22. The molecule has 4 rings (SSSR count). The zero-order chi connectivity index (χ0) is 20.2. The third-order valence-electron chi connectivity index (χ3n) is 4.19. The summed E-state index contributed by atoms with van der Waals surface area (Å²) in [6.45, 7) is 0.170. The molecule has 0 atom stereocenters. The fourth-order valence-corrected chi connectivity index (χ4v) is 2.78. The molecule has 0 saturated carbocycles. The Bertz CT molecular complexity index is 1060. The molecule has 2 heterocycles. The highest BCUT2D eigenvalue weighted by Crippen LogP contribution is 2.34. The van der Waals surface area contributed by atoms with Gasteiger partial charge in [0.15, 0.2) is 23.0 Å². The van der Waals surface area contributed by atoms with Crippen LogP contribution in [-0.4, -0.2) is 36.9 Å². The number of nitrogens with one attached hydrogen (secondary N) is 2. The summed E-state index contributed by atoms with van der Waals surface area (Å²) in [4.78, 5) is 20.8. The van der Waals surface area contributed by atoms with E-state index >= 15 is 0 Å². The summed E-state index contributed by atoms with van der Waals surface area (Å²) >= 11 is 0. The standard InChI is InChI=1S/C20H18N4O5/c1-26-15-5-3-12(7-17(15)27-2)23-19-9-14(21-10-22-19)20(25)24-13-4-6-16-18(8-13)29-11-28-16/h3-10H,11H2,1-2H3,(H,24,25)(H,21,22,23). The Morgan fingerprint density at radius 3 is 2.55 bits per heavy atom. The first kappa shape index (κ1) is 18.4. The topological polar surface area (TPSA) is 104 Å². The molecular formula is C20H18N4O5. The van der Waals surface area contributed by atoms with E-state index in [1.165, 1.54) is 6.33 Å². The van der Waals surface area contributed by atoms with E-state index in [-0.39, 0.29) is 18.4 Å². The van der Waals surface area contributed by atoms with Crippen LogP contribution in [0.2, 0.25) is 0 Å². The second kappa shape index (κ2) is 7.93. The van der Waals surface area contributed by atoms with Crippen molar-refractivity contribution in [3.63, 3.8) is 0 Å². The van der Waals surface area contributed by atoms with Crippen molar-refractivity contribution in [3.8, 4) is 23.0 Å². The summed E-state index contributed by atoms with van der Waals surface area (Å²) in [6, 6.07) is 12.1. The molecule has 9 heteroatoms. The van der Waals surface area contributed by atoms with E-state index in [4.69, 9.17) is 18.9 Å². The number of methoxy groups -OCH3 is 2. The van der Waals surface area contributed by atoms with Crippen LogP contribution >= 0.6 is 0 Å². The van der Waals surface area contributed by atoms with Crippen LogP contribution in [-0.2, 0) is 0 Å². The molecule has 0 fully saturated rings. The van der Waals surface area contributed by atoms with Crippen LogP contribution in [0.3, 0.4) is 0 Å². The first-order chi connectivity index (χ1) is 14.2. The number of benzene rings is 2. The third kappa shape index (κ3) is 3.98. The van der Waals surface area contributed by atoms with Crippen molar-refractivity contribution in [2.75, 3.05) is 31.6 Å². The van der Waals surface area contributed by atoms with Gasteiger partial charge in [0, 0.05) is 29.6 Å².